The fraction of sp³-hybridized carbons (Fsp3) is 0.409. The predicted molar refractivity (Wildman–Crippen MR) is 98.9 cm³/mol. The van der Waals surface area contributed by atoms with Crippen molar-refractivity contribution in [3.63, 3.8) is 0 Å². The highest BCUT2D eigenvalue weighted by Gasteiger charge is 2.53. The highest BCUT2D eigenvalue weighted by molar-refractivity contribution is 5.79. The van der Waals surface area contributed by atoms with Gasteiger partial charge in [-0.1, -0.05) is 48.5 Å². The quantitative estimate of drug-likeness (QED) is 0.917. The average Bonchev–Trinajstić information content (AvgIpc) is 3.36. The Labute approximate surface area is 153 Å². The smallest absolute Gasteiger partial charge is 0.410 e. The molecule has 1 amide bonds. The fourth-order valence-electron chi connectivity index (χ4n) is 5.24. The molecule has 2 bridgehead atoms. The molecule has 2 unspecified atom stereocenters. The van der Waals surface area contributed by atoms with Crippen LogP contribution in [0.4, 0.5) is 4.79 Å². The second kappa shape index (κ2) is 5.85. The number of likely N-dealkylation sites (tertiary alicyclic amines) is 1. The Hall–Kier alpha value is -2.33. The Balaban J connectivity index is 1.37. The van der Waals surface area contributed by atoms with Gasteiger partial charge in [0, 0.05) is 12.5 Å². The van der Waals surface area contributed by atoms with Crippen LogP contribution in [0.25, 0.3) is 11.1 Å². The first-order chi connectivity index (χ1) is 12.7. The molecule has 2 aliphatic carbocycles. The Morgan fingerprint density at radius 1 is 1.12 bits per heavy atom. The number of carbonyl (C=O) groups is 1. The minimum absolute atomic E-state index is 0.0354. The molecule has 0 aromatic heterocycles. The standard InChI is InChI=1S/C22H23NO3/c24-14-22-10-9-15(11-22)12-23(22)21(25)26-13-20-18-7-3-1-5-16(18)17-6-2-4-8-19(17)20/h1-8,15,20,24H,9-14H2. The summed E-state index contributed by atoms with van der Waals surface area (Å²) in [5, 5.41) is 9.85. The summed E-state index contributed by atoms with van der Waals surface area (Å²) in [6.45, 7) is 1.10. The van der Waals surface area contributed by atoms with E-state index in [0.717, 1.165) is 25.8 Å². The summed E-state index contributed by atoms with van der Waals surface area (Å²) in [5.41, 5.74) is 4.53. The SMILES string of the molecule is O=C(OCC1c2ccccc2-c2ccccc21)N1CC2CCC1(CO)C2. The largest absolute Gasteiger partial charge is 0.448 e. The monoisotopic (exact) mass is 349 g/mol. The molecule has 2 aromatic carbocycles. The molecule has 0 radical (unpaired) electrons. The third-order valence-corrected chi connectivity index (χ3v) is 6.55. The number of benzene rings is 2. The number of amides is 1. The highest BCUT2D eigenvalue weighted by Crippen LogP contribution is 2.47. The molecule has 1 saturated heterocycles. The van der Waals surface area contributed by atoms with E-state index in [4.69, 9.17) is 4.74 Å². The fourth-order valence-corrected chi connectivity index (χ4v) is 5.24. The molecule has 2 aromatic rings. The lowest BCUT2D eigenvalue weighted by molar-refractivity contribution is 0.0321. The van der Waals surface area contributed by atoms with E-state index in [0.29, 0.717) is 12.5 Å². The minimum Gasteiger partial charge on any atom is -0.448 e. The van der Waals surface area contributed by atoms with Crippen molar-refractivity contribution in [1.29, 1.82) is 0 Å². The van der Waals surface area contributed by atoms with Gasteiger partial charge in [-0.15, -0.1) is 0 Å². The van der Waals surface area contributed by atoms with Crippen molar-refractivity contribution in [2.45, 2.75) is 30.7 Å². The number of ether oxygens (including phenoxy) is 1. The van der Waals surface area contributed by atoms with Crippen LogP contribution in [0.3, 0.4) is 0 Å². The van der Waals surface area contributed by atoms with Crippen LogP contribution in [-0.2, 0) is 4.74 Å². The summed E-state index contributed by atoms with van der Waals surface area (Å²) in [5.74, 6) is 0.596. The maximum atomic E-state index is 12.8. The molecule has 26 heavy (non-hydrogen) atoms. The second-order valence-electron chi connectivity index (χ2n) is 7.91. The average molecular weight is 349 g/mol. The Morgan fingerprint density at radius 2 is 1.77 bits per heavy atom. The first-order valence-corrected chi connectivity index (χ1v) is 9.45. The van der Waals surface area contributed by atoms with Crippen molar-refractivity contribution < 1.29 is 14.6 Å². The molecule has 1 aliphatic heterocycles. The number of piperidine rings is 1. The Bertz CT molecular complexity index is 818. The number of aliphatic hydroxyl groups excluding tert-OH is 1. The molecule has 1 saturated carbocycles. The number of rotatable bonds is 3. The molecule has 1 N–H and O–H groups in total. The van der Waals surface area contributed by atoms with Gasteiger partial charge in [0.15, 0.2) is 0 Å². The summed E-state index contributed by atoms with van der Waals surface area (Å²) in [6, 6.07) is 16.7. The number of hydrogen-bond donors (Lipinski definition) is 1. The van der Waals surface area contributed by atoms with Gasteiger partial charge in [-0.3, -0.25) is 4.90 Å². The zero-order chi connectivity index (χ0) is 17.7. The van der Waals surface area contributed by atoms with Crippen molar-refractivity contribution in [1.82, 2.24) is 4.90 Å². The number of carbonyl (C=O) groups excluding carboxylic acids is 1. The molecule has 3 aliphatic rings. The van der Waals surface area contributed by atoms with E-state index in [9.17, 15) is 9.90 Å². The van der Waals surface area contributed by atoms with Gasteiger partial charge >= 0.3 is 6.09 Å². The molecule has 134 valence electrons. The lowest BCUT2D eigenvalue weighted by atomic mass is 9.98. The molecule has 5 rings (SSSR count). The molecule has 4 heteroatoms. The van der Waals surface area contributed by atoms with Gasteiger partial charge in [0.05, 0.1) is 12.1 Å². The maximum Gasteiger partial charge on any atom is 0.410 e. The van der Waals surface area contributed by atoms with Crippen molar-refractivity contribution in [3.8, 4) is 11.1 Å². The van der Waals surface area contributed by atoms with Crippen LogP contribution in [0, 0.1) is 5.92 Å². The lowest BCUT2D eigenvalue weighted by Crippen LogP contribution is -2.50. The Morgan fingerprint density at radius 3 is 2.38 bits per heavy atom. The van der Waals surface area contributed by atoms with Gasteiger partial charge in [0.1, 0.15) is 6.61 Å². The molecule has 4 nitrogen and oxygen atoms in total. The van der Waals surface area contributed by atoms with Crippen LogP contribution >= 0.6 is 0 Å². The van der Waals surface area contributed by atoms with Gasteiger partial charge in [-0.2, -0.15) is 0 Å². The van der Waals surface area contributed by atoms with E-state index >= 15 is 0 Å². The second-order valence-corrected chi connectivity index (χ2v) is 7.91. The van der Waals surface area contributed by atoms with Gasteiger partial charge in [-0.25, -0.2) is 4.79 Å². The van der Waals surface area contributed by atoms with E-state index in [1.165, 1.54) is 22.3 Å². The van der Waals surface area contributed by atoms with E-state index in [1.54, 1.807) is 4.90 Å². The van der Waals surface area contributed by atoms with Gasteiger partial charge < -0.3 is 9.84 Å². The predicted octanol–water partition coefficient (Wildman–Crippen LogP) is 3.78. The molecule has 2 fully saturated rings. The zero-order valence-electron chi connectivity index (χ0n) is 14.7. The summed E-state index contributed by atoms with van der Waals surface area (Å²) >= 11 is 0. The maximum absolute atomic E-state index is 12.8. The van der Waals surface area contributed by atoms with Crippen molar-refractivity contribution >= 4 is 6.09 Å². The topological polar surface area (TPSA) is 49.8 Å². The van der Waals surface area contributed by atoms with E-state index in [-0.39, 0.29) is 24.2 Å². The van der Waals surface area contributed by atoms with Crippen LogP contribution in [-0.4, -0.2) is 41.4 Å². The normalized spacial score (nSPS) is 26.0. The summed E-state index contributed by atoms with van der Waals surface area (Å²) in [6.07, 6.45) is 2.63. The molecule has 1 heterocycles. The highest BCUT2D eigenvalue weighted by atomic mass is 16.6. The zero-order valence-corrected chi connectivity index (χ0v) is 14.7. The molecule has 2 atom stereocenters. The number of hydrogen-bond acceptors (Lipinski definition) is 3. The first kappa shape index (κ1) is 15.9. The first-order valence-electron chi connectivity index (χ1n) is 9.45. The summed E-state index contributed by atoms with van der Waals surface area (Å²) in [7, 11) is 0. The van der Waals surface area contributed by atoms with Crippen molar-refractivity contribution in [2.24, 2.45) is 5.92 Å². The molecular weight excluding hydrogens is 326 g/mol. The van der Waals surface area contributed by atoms with Crippen LogP contribution in [0.1, 0.15) is 36.3 Å². The third kappa shape index (κ3) is 2.21. The summed E-state index contributed by atoms with van der Waals surface area (Å²) in [4.78, 5) is 14.6. The van der Waals surface area contributed by atoms with Crippen LogP contribution in [0.5, 0.6) is 0 Å². The minimum atomic E-state index is -0.382. The van der Waals surface area contributed by atoms with E-state index in [1.807, 2.05) is 12.1 Å². The van der Waals surface area contributed by atoms with Gasteiger partial charge in [0.25, 0.3) is 0 Å². The summed E-state index contributed by atoms with van der Waals surface area (Å²) < 4.78 is 5.78. The van der Waals surface area contributed by atoms with Gasteiger partial charge in [0.2, 0.25) is 0 Å². The third-order valence-electron chi connectivity index (χ3n) is 6.55. The number of aliphatic hydroxyl groups is 1. The Kier molecular flexibility index (Phi) is 3.57. The van der Waals surface area contributed by atoms with Crippen LogP contribution in [0.15, 0.2) is 48.5 Å². The van der Waals surface area contributed by atoms with E-state index in [2.05, 4.69) is 36.4 Å². The van der Waals surface area contributed by atoms with Crippen LogP contribution < -0.4 is 0 Å². The van der Waals surface area contributed by atoms with Crippen molar-refractivity contribution in [2.75, 3.05) is 19.8 Å². The number of nitrogens with zero attached hydrogens (tertiary/aromatic N) is 1. The molecular formula is C22H23NO3. The van der Waals surface area contributed by atoms with Crippen molar-refractivity contribution in [3.05, 3.63) is 59.7 Å². The van der Waals surface area contributed by atoms with Gasteiger partial charge in [-0.05, 0) is 47.4 Å². The van der Waals surface area contributed by atoms with Crippen LogP contribution in [0.2, 0.25) is 0 Å². The van der Waals surface area contributed by atoms with E-state index < -0.39 is 0 Å². The molecule has 0 spiro atoms. The number of fused-ring (bicyclic) bond motifs is 5. The lowest BCUT2D eigenvalue weighted by Gasteiger charge is -2.36.